The van der Waals surface area contributed by atoms with E-state index in [1.165, 1.54) is 29.2 Å². The van der Waals surface area contributed by atoms with Gasteiger partial charge in [-0.15, -0.1) is 0 Å². The molecule has 0 heterocycles. The van der Waals surface area contributed by atoms with E-state index in [1.54, 1.807) is 0 Å². The van der Waals surface area contributed by atoms with Crippen LogP contribution in [0.25, 0.3) is 10.8 Å². The van der Waals surface area contributed by atoms with Crippen molar-refractivity contribution in [3.63, 3.8) is 0 Å². The van der Waals surface area contributed by atoms with Crippen LogP contribution in [0.5, 0.6) is 0 Å². The summed E-state index contributed by atoms with van der Waals surface area (Å²) in [7, 11) is 4.33. The van der Waals surface area contributed by atoms with Gasteiger partial charge in [-0.2, -0.15) is 0 Å². The third-order valence-corrected chi connectivity index (χ3v) is 5.02. The third kappa shape index (κ3) is 3.12. The second-order valence-corrected chi connectivity index (χ2v) is 6.43. The van der Waals surface area contributed by atoms with E-state index in [0.29, 0.717) is 12.1 Å². The highest BCUT2D eigenvalue weighted by atomic mass is 15.2. The molecule has 2 heteroatoms. The molecule has 2 unspecified atom stereocenters. The zero-order valence-electron chi connectivity index (χ0n) is 13.3. The first kappa shape index (κ1) is 14.6. The average Bonchev–Trinajstić information content (AvgIpc) is 3.36. The number of nitrogens with one attached hydrogen (secondary N) is 1. The van der Waals surface area contributed by atoms with Crippen molar-refractivity contribution in [1.82, 2.24) is 10.2 Å². The van der Waals surface area contributed by atoms with E-state index in [1.807, 2.05) is 0 Å². The number of likely N-dealkylation sites (N-methyl/N-ethyl adjacent to an activating group) is 2. The van der Waals surface area contributed by atoms with Gasteiger partial charge in [0.05, 0.1) is 0 Å². The second-order valence-electron chi connectivity index (χ2n) is 6.43. The van der Waals surface area contributed by atoms with E-state index in [9.17, 15) is 0 Å². The minimum absolute atomic E-state index is 0.377. The molecule has 2 atom stereocenters. The standard InChI is InChI=1S/C19H26N2/c1-14(15-11-12-15)21(3)13-19(20-2)18-10-6-8-16-7-4-5-9-17(16)18/h4-10,14-15,19-20H,11-13H2,1-3H3. The summed E-state index contributed by atoms with van der Waals surface area (Å²) in [5, 5.41) is 6.21. The van der Waals surface area contributed by atoms with Crippen molar-refractivity contribution >= 4 is 10.8 Å². The number of rotatable bonds is 6. The van der Waals surface area contributed by atoms with Gasteiger partial charge in [0.25, 0.3) is 0 Å². The van der Waals surface area contributed by atoms with Gasteiger partial charge in [0.1, 0.15) is 0 Å². The van der Waals surface area contributed by atoms with Crippen LogP contribution in [0.3, 0.4) is 0 Å². The summed E-state index contributed by atoms with van der Waals surface area (Å²) in [6.07, 6.45) is 2.81. The van der Waals surface area contributed by atoms with Gasteiger partial charge in [0.15, 0.2) is 0 Å². The number of hydrogen-bond donors (Lipinski definition) is 1. The number of benzene rings is 2. The van der Waals surface area contributed by atoms with Crippen LogP contribution in [0.2, 0.25) is 0 Å². The summed E-state index contributed by atoms with van der Waals surface area (Å²) in [5.74, 6) is 0.917. The van der Waals surface area contributed by atoms with E-state index in [-0.39, 0.29) is 0 Å². The fraction of sp³-hybridized carbons (Fsp3) is 0.474. The quantitative estimate of drug-likeness (QED) is 0.866. The highest BCUT2D eigenvalue weighted by Crippen LogP contribution is 2.35. The molecule has 0 bridgehead atoms. The van der Waals surface area contributed by atoms with Gasteiger partial charge in [-0.3, -0.25) is 0 Å². The molecule has 21 heavy (non-hydrogen) atoms. The Hall–Kier alpha value is -1.38. The Kier molecular flexibility index (Phi) is 4.27. The molecule has 1 saturated carbocycles. The van der Waals surface area contributed by atoms with Gasteiger partial charge in [-0.05, 0) is 56.1 Å². The van der Waals surface area contributed by atoms with Crippen LogP contribution in [0.15, 0.2) is 42.5 Å². The fourth-order valence-corrected chi connectivity index (χ4v) is 3.29. The molecular weight excluding hydrogens is 256 g/mol. The first-order chi connectivity index (χ1) is 10.2. The summed E-state index contributed by atoms with van der Waals surface area (Å²) >= 11 is 0. The Balaban J connectivity index is 1.84. The van der Waals surface area contributed by atoms with Crippen LogP contribution in [0.1, 0.15) is 31.4 Å². The van der Waals surface area contributed by atoms with Crippen molar-refractivity contribution in [2.75, 3.05) is 20.6 Å². The lowest BCUT2D eigenvalue weighted by Gasteiger charge is -2.30. The molecule has 0 amide bonds. The van der Waals surface area contributed by atoms with Crippen LogP contribution in [-0.4, -0.2) is 31.6 Å². The van der Waals surface area contributed by atoms with E-state index >= 15 is 0 Å². The van der Waals surface area contributed by atoms with Gasteiger partial charge in [0.2, 0.25) is 0 Å². The monoisotopic (exact) mass is 282 g/mol. The summed E-state index contributed by atoms with van der Waals surface area (Å²) in [6.45, 7) is 3.43. The maximum Gasteiger partial charge on any atom is 0.0453 e. The predicted molar refractivity (Wildman–Crippen MR) is 90.6 cm³/mol. The van der Waals surface area contributed by atoms with Gasteiger partial charge in [-0.1, -0.05) is 42.5 Å². The molecule has 3 rings (SSSR count). The van der Waals surface area contributed by atoms with Crippen molar-refractivity contribution in [3.8, 4) is 0 Å². The van der Waals surface area contributed by atoms with Gasteiger partial charge >= 0.3 is 0 Å². The Morgan fingerprint density at radius 3 is 2.57 bits per heavy atom. The molecule has 0 aliphatic heterocycles. The van der Waals surface area contributed by atoms with Crippen molar-refractivity contribution in [3.05, 3.63) is 48.0 Å². The Morgan fingerprint density at radius 1 is 1.14 bits per heavy atom. The molecule has 0 spiro atoms. The van der Waals surface area contributed by atoms with Crippen LogP contribution >= 0.6 is 0 Å². The molecule has 112 valence electrons. The molecule has 1 N–H and O–H groups in total. The topological polar surface area (TPSA) is 15.3 Å². The molecule has 2 aromatic carbocycles. The lowest BCUT2D eigenvalue weighted by atomic mass is 9.98. The first-order valence-electron chi connectivity index (χ1n) is 8.06. The SMILES string of the molecule is CNC(CN(C)C(C)C1CC1)c1cccc2ccccc12. The van der Waals surface area contributed by atoms with E-state index < -0.39 is 0 Å². The second kappa shape index (κ2) is 6.17. The van der Waals surface area contributed by atoms with Crippen LogP contribution < -0.4 is 5.32 Å². The van der Waals surface area contributed by atoms with E-state index in [2.05, 4.69) is 73.7 Å². The van der Waals surface area contributed by atoms with E-state index in [4.69, 9.17) is 0 Å². The molecular formula is C19H26N2. The molecule has 0 saturated heterocycles. The maximum absolute atomic E-state index is 3.51. The Labute approximate surface area is 128 Å². The van der Waals surface area contributed by atoms with Crippen molar-refractivity contribution < 1.29 is 0 Å². The molecule has 1 aliphatic rings. The highest BCUT2D eigenvalue weighted by Gasteiger charge is 2.31. The summed E-state index contributed by atoms with van der Waals surface area (Å²) < 4.78 is 0. The van der Waals surface area contributed by atoms with Crippen LogP contribution in [0.4, 0.5) is 0 Å². The van der Waals surface area contributed by atoms with Crippen molar-refractivity contribution in [2.45, 2.75) is 31.8 Å². The molecule has 2 nitrogen and oxygen atoms in total. The molecule has 1 fully saturated rings. The van der Waals surface area contributed by atoms with Gasteiger partial charge in [-0.25, -0.2) is 0 Å². The van der Waals surface area contributed by atoms with Crippen molar-refractivity contribution in [1.29, 1.82) is 0 Å². The van der Waals surface area contributed by atoms with Gasteiger partial charge < -0.3 is 10.2 Å². The average molecular weight is 282 g/mol. The predicted octanol–water partition coefficient (Wildman–Crippen LogP) is 3.83. The third-order valence-electron chi connectivity index (χ3n) is 5.02. The van der Waals surface area contributed by atoms with Crippen molar-refractivity contribution in [2.24, 2.45) is 5.92 Å². The molecule has 0 aromatic heterocycles. The summed E-state index contributed by atoms with van der Waals surface area (Å²) in [6, 6.07) is 16.4. The minimum Gasteiger partial charge on any atom is -0.312 e. The lowest BCUT2D eigenvalue weighted by molar-refractivity contribution is 0.213. The normalized spacial score (nSPS) is 18.1. The Bertz CT molecular complexity index is 598. The molecule has 1 aliphatic carbocycles. The molecule has 2 aromatic rings. The zero-order valence-corrected chi connectivity index (χ0v) is 13.3. The summed E-state index contributed by atoms with van der Waals surface area (Å²) in [5.41, 5.74) is 1.41. The Morgan fingerprint density at radius 2 is 1.86 bits per heavy atom. The number of hydrogen-bond acceptors (Lipinski definition) is 2. The van der Waals surface area contributed by atoms with Crippen LogP contribution in [-0.2, 0) is 0 Å². The largest absolute Gasteiger partial charge is 0.312 e. The van der Waals surface area contributed by atoms with E-state index in [0.717, 1.165) is 12.5 Å². The minimum atomic E-state index is 0.377. The number of fused-ring (bicyclic) bond motifs is 1. The van der Waals surface area contributed by atoms with Gasteiger partial charge in [0, 0.05) is 18.6 Å². The fourth-order valence-electron chi connectivity index (χ4n) is 3.29. The molecule has 0 radical (unpaired) electrons. The highest BCUT2D eigenvalue weighted by molar-refractivity contribution is 5.86. The maximum atomic E-state index is 3.51. The summed E-state index contributed by atoms with van der Waals surface area (Å²) in [4.78, 5) is 2.51. The zero-order chi connectivity index (χ0) is 14.8. The lowest BCUT2D eigenvalue weighted by Crippen LogP contribution is -2.37. The van der Waals surface area contributed by atoms with Crippen LogP contribution in [0, 0.1) is 5.92 Å². The number of nitrogens with zero attached hydrogens (tertiary/aromatic N) is 1. The smallest absolute Gasteiger partial charge is 0.0453 e. The first-order valence-corrected chi connectivity index (χ1v) is 8.06.